The minimum Gasteiger partial charge on any atom is -0.872 e. The molecule has 2 fully saturated rings. The van der Waals surface area contributed by atoms with E-state index in [4.69, 9.17) is 18.9 Å². The van der Waals surface area contributed by atoms with Gasteiger partial charge in [-0.1, -0.05) is 30.5 Å². The molecule has 0 bridgehead atoms. The number of rotatable bonds is 10. The number of carbonyl (C=O) groups is 2. The predicted octanol–water partition coefficient (Wildman–Crippen LogP) is 0.408. The summed E-state index contributed by atoms with van der Waals surface area (Å²) in [6, 6.07) is 10.7. The highest BCUT2D eigenvalue weighted by Gasteiger charge is 2.45. The number of quaternary nitrogens is 1. The summed E-state index contributed by atoms with van der Waals surface area (Å²) in [4.78, 5) is 29.4. The van der Waals surface area contributed by atoms with Crippen molar-refractivity contribution in [2.24, 2.45) is 0 Å². The fourth-order valence-electron chi connectivity index (χ4n) is 4.68. The summed E-state index contributed by atoms with van der Waals surface area (Å²) in [5.74, 6) is -0.464. The van der Waals surface area contributed by atoms with E-state index in [-0.39, 0.29) is 11.1 Å². The molecule has 0 spiro atoms. The van der Waals surface area contributed by atoms with Crippen molar-refractivity contribution in [3.63, 3.8) is 0 Å². The molecule has 2 saturated heterocycles. The number of hydrogen-bond donors (Lipinski definition) is 1. The van der Waals surface area contributed by atoms with Crippen molar-refractivity contribution in [1.82, 2.24) is 4.90 Å². The fraction of sp³-hybridized carbons (Fsp3) is 0.357. The van der Waals surface area contributed by atoms with E-state index in [2.05, 4.69) is 6.58 Å². The second kappa shape index (κ2) is 11.9. The normalized spacial score (nSPS) is 19.6. The zero-order valence-corrected chi connectivity index (χ0v) is 21.2. The maximum absolute atomic E-state index is 13.7. The summed E-state index contributed by atoms with van der Waals surface area (Å²) in [6.07, 6.45) is 1.62. The molecule has 0 saturated carbocycles. The van der Waals surface area contributed by atoms with Gasteiger partial charge >= 0.3 is 0 Å². The smallest absolute Gasteiger partial charge is 0.295 e. The number of methoxy groups -OCH3 is 2. The highest BCUT2D eigenvalue weighted by Crippen LogP contribution is 2.43. The number of benzene rings is 2. The van der Waals surface area contributed by atoms with Gasteiger partial charge in [0.05, 0.1) is 46.6 Å². The van der Waals surface area contributed by atoms with Gasteiger partial charge in [-0.3, -0.25) is 9.59 Å². The topological polar surface area (TPSA) is 102 Å². The molecular formula is C28H32N2O7. The van der Waals surface area contributed by atoms with Crippen LogP contribution in [0.1, 0.15) is 17.2 Å². The van der Waals surface area contributed by atoms with Crippen LogP contribution in [0.5, 0.6) is 17.2 Å². The second-order valence-electron chi connectivity index (χ2n) is 8.82. The minimum atomic E-state index is -0.908. The molecule has 9 nitrogen and oxygen atoms in total. The van der Waals surface area contributed by atoms with E-state index in [1.54, 1.807) is 48.5 Å². The van der Waals surface area contributed by atoms with E-state index in [1.807, 2.05) is 0 Å². The van der Waals surface area contributed by atoms with E-state index in [9.17, 15) is 14.7 Å². The summed E-state index contributed by atoms with van der Waals surface area (Å²) in [6.45, 7) is 7.82. The molecule has 1 amide bonds. The van der Waals surface area contributed by atoms with E-state index in [0.717, 1.165) is 13.1 Å². The molecule has 2 heterocycles. The number of carbonyl (C=O) groups excluding carboxylic acids is 2. The highest BCUT2D eigenvalue weighted by molar-refractivity contribution is 6.46. The Kier molecular flexibility index (Phi) is 8.47. The largest absolute Gasteiger partial charge is 0.872 e. The van der Waals surface area contributed by atoms with E-state index < -0.39 is 23.5 Å². The van der Waals surface area contributed by atoms with Crippen molar-refractivity contribution in [2.45, 2.75) is 6.04 Å². The van der Waals surface area contributed by atoms with Crippen molar-refractivity contribution in [1.29, 1.82) is 0 Å². The number of morpholine rings is 1. The number of Topliss-reactive ketones (excluding diaryl/α,β-unsaturated/α-hetero) is 1. The SMILES string of the molecule is C=CCOc1ccc(/C([O-])=C2\C(=O)C(=O)N(CC[NH+]3CCOCC3)C2c2cc(OC)ccc2OC)cc1. The quantitative estimate of drug-likeness (QED) is 0.215. The van der Waals surface area contributed by atoms with Crippen LogP contribution in [-0.2, 0) is 14.3 Å². The summed E-state index contributed by atoms with van der Waals surface area (Å²) in [7, 11) is 3.04. The van der Waals surface area contributed by atoms with E-state index in [0.29, 0.717) is 55.7 Å². The first-order valence-corrected chi connectivity index (χ1v) is 12.2. The maximum atomic E-state index is 13.7. The lowest BCUT2D eigenvalue weighted by Crippen LogP contribution is -3.14. The Morgan fingerprint density at radius 3 is 2.46 bits per heavy atom. The molecule has 0 aromatic heterocycles. The first-order valence-electron chi connectivity index (χ1n) is 12.2. The molecule has 196 valence electrons. The first kappa shape index (κ1) is 26.2. The van der Waals surface area contributed by atoms with E-state index >= 15 is 0 Å². The Hall–Kier alpha value is -3.82. The van der Waals surface area contributed by atoms with Gasteiger partial charge in [0.2, 0.25) is 5.78 Å². The second-order valence-corrected chi connectivity index (χ2v) is 8.82. The summed E-state index contributed by atoms with van der Waals surface area (Å²) >= 11 is 0. The van der Waals surface area contributed by atoms with Gasteiger partial charge in [-0.05, 0) is 35.9 Å². The third-order valence-electron chi connectivity index (χ3n) is 6.65. The van der Waals surface area contributed by atoms with Crippen LogP contribution in [0.2, 0.25) is 0 Å². The van der Waals surface area contributed by atoms with E-state index in [1.165, 1.54) is 24.0 Å². The Morgan fingerprint density at radius 2 is 1.81 bits per heavy atom. The molecule has 0 aliphatic carbocycles. The highest BCUT2D eigenvalue weighted by atomic mass is 16.5. The Morgan fingerprint density at radius 1 is 1.11 bits per heavy atom. The zero-order chi connectivity index (χ0) is 26.4. The molecule has 4 rings (SSSR count). The Labute approximate surface area is 216 Å². The monoisotopic (exact) mass is 508 g/mol. The van der Waals surface area contributed by atoms with Gasteiger partial charge in [0, 0.05) is 11.1 Å². The molecule has 37 heavy (non-hydrogen) atoms. The van der Waals surface area contributed by atoms with Crippen molar-refractivity contribution >= 4 is 17.4 Å². The summed E-state index contributed by atoms with van der Waals surface area (Å²) < 4.78 is 21.9. The molecule has 9 heteroatoms. The van der Waals surface area contributed by atoms with Crippen LogP contribution in [0.15, 0.2) is 60.7 Å². The lowest BCUT2D eigenvalue weighted by molar-refractivity contribution is -0.907. The standard InChI is InChI=1S/C28H32N2O7/c1-4-15-37-20-7-5-19(6-8-20)26(31)24-25(22-18-21(34-2)9-10-23(22)35-3)30(28(33)27(24)32)12-11-29-13-16-36-17-14-29/h4-10,18,25,31H,1,11-17H2,2-3H3/b26-24+. The summed E-state index contributed by atoms with van der Waals surface area (Å²) in [5.41, 5.74) is 0.704. The number of hydrogen-bond acceptors (Lipinski definition) is 7. The van der Waals surface area contributed by atoms with Crippen LogP contribution in [0.25, 0.3) is 5.76 Å². The number of nitrogens with one attached hydrogen (secondary N) is 1. The van der Waals surface area contributed by atoms with Crippen LogP contribution < -0.4 is 24.2 Å². The van der Waals surface area contributed by atoms with Crippen LogP contribution in [0, 0.1) is 0 Å². The number of ether oxygens (including phenoxy) is 4. The molecule has 2 aliphatic heterocycles. The third-order valence-corrected chi connectivity index (χ3v) is 6.65. The first-order chi connectivity index (χ1) is 18.0. The van der Waals surface area contributed by atoms with Crippen molar-refractivity contribution in [3.05, 3.63) is 71.8 Å². The van der Waals surface area contributed by atoms with Gasteiger partial charge in [0.15, 0.2) is 0 Å². The van der Waals surface area contributed by atoms with Crippen LogP contribution in [0.3, 0.4) is 0 Å². The van der Waals surface area contributed by atoms with Crippen LogP contribution in [0.4, 0.5) is 0 Å². The van der Waals surface area contributed by atoms with Gasteiger partial charge < -0.3 is 33.9 Å². The third kappa shape index (κ3) is 5.63. The minimum absolute atomic E-state index is 0.103. The maximum Gasteiger partial charge on any atom is 0.295 e. The molecule has 1 atom stereocenters. The molecular weight excluding hydrogens is 476 g/mol. The summed E-state index contributed by atoms with van der Waals surface area (Å²) in [5, 5.41) is 13.7. The average Bonchev–Trinajstić information content (AvgIpc) is 3.19. The average molecular weight is 509 g/mol. The van der Waals surface area contributed by atoms with Gasteiger partial charge in [-0.25, -0.2) is 0 Å². The molecule has 0 radical (unpaired) electrons. The van der Waals surface area contributed by atoms with Gasteiger partial charge in [-0.15, -0.1) is 0 Å². The number of ketones is 1. The zero-order valence-electron chi connectivity index (χ0n) is 21.2. The van der Waals surface area contributed by atoms with Gasteiger partial charge in [0.1, 0.15) is 36.9 Å². The van der Waals surface area contributed by atoms with Crippen molar-refractivity contribution in [2.75, 3.05) is 60.2 Å². The predicted molar refractivity (Wildman–Crippen MR) is 134 cm³/mol. The lowest BCUT2D eigenvalue weighted by atomic mass is 9.94. The number of amides is 1. The lowest BCUT2D eigenvalue weighted by Gasteiger charge is -2.30. The Balaban J connectivity index is 1.77. The van der Waals surface area contributed by atoms with Crippen LogP contribution in [-0.4, -0.2) is 76.8 Å². The Bertz CT molecular complexity index is 1170. The molecule has 1 unspecified atom stereocenters. The van der Waals surface area contributed by atoms with Crippen LogP contribution >= 0.6 is 0 Å². The van der Waals surface area contributed by atoms with Gasteiger partial charge in [0.25, 0.3) is 5.91 Å². The van der Waals surface area contributed by atoms with Crippen molar-refractivity contribution < 1.29 is 38.5 Å². The number of likely N-dealkylation sites (tertiary alicyclic amines) is 1. The molecule has 2 aromatic carbocycles. The molecule has 2 aliphatic rings. The van der Waals surface area contributed by atoms with Gasteiger partial charge in [-0.2, -0.15) is 0 Å². The molecule has 1 N–H and O–H groups in total. The molecule has 2 aromatic rings. The van der Waals surface area contributed by atoms with Crippen molar-refractivity contribution in [3.8, 4) is 17.2 Å². The fourth-order valence-corrected chi connectivity index (χ4v) is 4.68. The number of nitrogens with zero attached hydrogens (tertiary/aromatic N) is 1.